The molecule has 4 N–H and O–H groups in total. The van der Waals surface area contributed by atoms with Crippen molar-refractivity contribution < 1.29 is 0 Å². The molecule has 6 heteroatoms. The van der Waals surface area contributed by atoms with Gasteiger partial charge in [-0.3, -0.25) is 9.48 Å². The molecule has 0 fully saturated rings. The second kappa shape index (κ2) is 3.06. The highest BCUT2D eigenvalue weighted by Crippen LogP contribution is 2.12. The third kappa shape index (κ3) is 1.19. The zero-order valence-corrected chi connectivity index (χ0v) is 8.23. The van der Waals surface area contributed by atoms with E-state index < -0.39 is 0 Å². The minimum Gasteiger partial charge on any atom is -0.391 e. The van der Waals surface area contributed by atoms with Crippen molar-refractivity contribution in [2.24, 2.45) is 0 Å². The van der Waals surface area contributed by atoms with Gasteiger partial charge in [0.1, 0.15) is 11.5 Å². The molecular formula is C8H15N5O. The Bertz CT molecular complexity index is 405. The van der Waals surface area contributed by atoms with Crippen LogP contribution in [0.25, 0.3) is 0 Å². The molecule has 14 heavy (non-hydrogen) atoms. The summed E-state index contributed by atoms with van der Waals surface area (Å²) in [7, 11) is 2.02. The summed E-state index contributed by atoms with van der Waals surface area (Å²) in [4.78, 5) is 13.8. The largest absolute Gasteiger partial charge is 0.391 e. The molecule has 0 aromatic carbocycles. The number of nitrogens with two attached hydrogens (primary N) is 2. The Morgan fingerprint density at radius 1 is 1.07 bits per heavy atom. The lowest BCUT2D eigenvalue weighted by atomic mass is 10.4. The monoisotopic (exact) mass is 197 g/mol. The highest BCUT2D eigenvalue weighted by Gasteiger charge is 2.18. The second-order valence-electron chi connectivity index (χ2n) is 3.65. The van der Waals surface area contributed by atoms with Crippen molar-refractivity contribution >= 4 is 11.5 Å². The fourth-order valence-electron chi connectivity index (χ4n) is 1.73. The van der Waals surface area contributed by atoms with E-state index in [1.165, 1.54) is 0 Å². The van der Waals surface area contributed by atoms with Crippen LogP contribution in [0.15, 0.2) is 4.79 Å². The molecule has 0 saturated heterocycles. The van der Waals surface area contributed by atoms with Gasteiger partial charge in [-0.15, -0.1) is 0 Å². The van der Waals surface area contributed by atoms with Crippen molar-refractivity contribution in [1.29, 1.82) is 0 Å². The molecule has 2 heterocycles. The molecule has 1 aromatic rings. The van der Waals surface area contributed by atoms with Crippen molar-refractivity contribution in [3.8, 4) is 0 Å². The molecule has 1 aromatic heterocycles. The first-order valence-electron chi connectivity index (χ1n) is 4.64. The van der Waals surface area contributed by atoms with Gasteiger partial charge in [0.05, 0.1) is 13.1 Å². The zero-order valence-electron chi connectivity index (χ0n) is 8.23. The van der Waals surface area contributed by atoms with Crippen LogP contribution in [0.5, 0.6) is 0 Å². The summed E-state index contributed by atoms with van der Waals surface area (Å²) in [5, 5.41) is 0. The van der Waals surface area contributed by atoms with E-state index >= 15 is 0 Å². The first-order valence-corrected chi connectivity index (χ1v) is 4.64. The van der Waals surface area contributed by atoms with Gasteiger partial charge >= 0.3 is 0 Å². The van der Waals surface area contributed by atoms with Crippen LogP contribution in [-0.2, 0) is 13.1 Å². The molecule has 0 atom stereocenters. The number of likely N-dealkylation sites (N-methyl/N-ethyl adjacent to an activating group) is 1. The van der Waals surface area contributed by atoms with Crippen molar-refractivity contribution in [1.82, 2.24) is 14.3 Å². The maximum Gasteiger partial charge on any atom is 0.292 e. The Morgan fingerprint density at radius 2 is 1.64 bits per heavy atom. The Balaban J connectivity index is 2.50. The van der Waals surface area contributed by atoms with Gasteiger partial charge in [-0.1, -0.05) is 0 Å². The Morgan fingerprint density at radius 3 is 2.29 bits per heavy atom. The third-order valence-electron chi connectivity index (χ3n) is 2.70. The lowest BCUT2D eigenvalue weighted by Crippen LogP contribution is -2.25. The van der Waals surface area contributed by atoms with Crippen LogP contribution in [0.2, 0.25) is 0 Å². The van der Waals surface area contributed by atoms with Crippen LogP contribution >= 0.6 is 0 Å². The van der Waals surface area contributed by atoms with Gasteiger partial charge in [0.15, 0.2) is 0 Å². The van der Waals surface area contributed by atoms with E-state index in [-0.39, 0.29) is 11.2 Å². The second-order valence-corrected chi connectivity index (χ2v) is 3.65. The fourth-order valence-corrected chi connectivity index (χ4v) is 1.73. The summed E-state index contributed by atoms with van der Waals surface area (Å²) in [6.07, 6.45) is 0. The molecule has 2 rings (SSSR count). The minimum absolute atomic E-state index is 0.169. The highest BCUT2D eigenvalue weighted by atomic mass is 16.1. The summed E-state index contributed by atoms with van der Waals surface area (Å²) in [5.41, 5.74) is 11.3. The molecule has 78 valence electrons. The molecule has 0 spiro atoms. The number of anilines is 2. The topological polar surface area (TPSA) is 82.2 Å². The van der Waals surface area contributed by atoms with Gasteiger partial charge in [0.25, 0.3) is 5.56 Å². The van der Waals surface area contributed by atoms with Crippen LogP contribution < -0.4 is 17.0 Å². The van der Waals surface area contributed by atoms with Gasteiger partial charge in [-0.2, -0.15) is 0 Å². The summed E-state index contributed by atoms with van der Waals surface area (Å²) in [6, 6.07) is 0. The number of rotatable bonds is 0. The maximum atomic E-state index is 11.6. The van der Waals surface area contributed by atoms with Crippen molar-refractivity contribution in [3.05, 3.63) is 10.4 Å². The van der Waals surface area contributed by atoms with Crippen LogP contribution in [0.3, 0.4) is 0 Å². The van der Waals surface area contributed by atoms with Crippen molar-refractivity contribution in [3.63, 3.8) is 0 Å². The van der Waals surface area contributed by atoms with Crippen molar-refractivity contribution in [2.75, 3.05) is 31.6 Å². The summed E-state index contributed by atoms with van der Waals surface area (Å²) >= 11 is 0. The predicted molar refractivity (Wildman–Crippen MR) is 55.0 cm³/mol. The quantitative estimate of drug-likeness (QED) is 0.545. The summed E-state index contributed by atoms with van der Waals surface area (Å²) in [6.45, 7) is 3.10. The van der Waals surface area contributed by atoms with E-state index in [9.17, 15) is 4.79 Å². The van der Waals surface area contributed by atoms with Crippen molar-refractivity contribution in [2.45, 2.75) is 13.1 Å². The highest BCUT2D eigenvalue weighted by molar-refractivity contribution is 5.57. The van der Waals surface area contributed by atoms with E-state index in [0.717, 1.165) is 19.6 Å². The maximum absolute atomic E-state index is 11.6. The summed E-state index contributed by atoms with van der Waals surface area (Å²) in [5.74, 6) is 0.394. The van der Waals surface area contributed by atoms with E-state index in [2.05, 4.69) is 4.90 Å². The average molecular weight is 197 g/mol. The smallest absolute Gasteiger partial charge is 0.292 e. The molecule has 0 saturated carbocycles. The number of fused-ring (bicyclic) bond motifs is 1. The third-order valence-corrected chi connectivity index (χ3v) is 2.70. The van der Waals surface area contributed by atoms with Gasteiger partial charge < -0.3 is 16.4 Å². The van der Waals surface area contributed by atoms with Gasteiger partial charge in [0, 0.05) is 13.1 Å². The van der Waals surface area contributed by atoms with Crippen LogP contribution in [-0.4, -0.2) is 34.4 Å². The van der Waals surface area contributed by atoms with Gasteiger partial charge in [-0.05, 0) is 7.05 Å². The SMILES string of the molecule is CN1CCn2c(N)c(N)c(=O)n2CC1. The van der Waals surface area contributed by atoms with Gasteiger partial charge in [-0.25, -0.2) is 4.68 Å². The molecule has 1 aliphatic rings. The van der Waals surface area contributed by atoms with Crippen LogP contribution in [0.4, 0.5) is 11.5 Å². The number of nitrogens with zero attached hydrogens (tertiary/aromatic N) is 3. The molecular weight excluding hydrogens is 182 g/mol. The van der Waals surface area contributed by atoms with E-state index in [0.29, 0.717) is 12.4 Å². The molecule has 0 amide bonds. The van der Waals surface area contributed by atoms with Gasteiger partial charge in [0.2, 0.25) is 0 Å². The average Bonchev–Trinajstić information content (AvgIpc) is 2.34. The normalized spacial score (nSPS) is 17.8. The predicted octanol–water partition coefficient (Wildman–Crippen LogP) is -1.24. The lowest BCUT2D eigenvalue weighted by Gasteiger charge is -2.10. The molecule has 6 nitrogen and oxygen atoms in total. The van der Waals surface area contributed by atoms with E-state index in [1.807, 2.05) is 7.05 Å². The molecule has 1 aliphatic heterocycles. The number of aromatic nitrogens is 2. The Kier molecular flexibility index (Phi) is 1.99. The lowest BCUT2D eigenvalue weighted by molar-refractivity contribution is 0.339. The number of hydrogen-bond donors (Lipinski definition) is 2. The molecule has 0 unspecified atom stereocenters. The molecule has 0 aliphatic carbocycles. The number of nitrogen functional groups attached to an aromatic ring is 2. The van der Waals surface area contributed by atoms with Crippen LogP contribution in [0.1, 0.15) is 0 Å². The van der Waals surface area contributed by atoms with E-state index in [1.54, 1.807) is 9.36 Å². The Hall–Kier alpha value is -1.43. The Labute approximate surface area is 81.7 Å². The van der Waals surface area contributed by atoms with E-state index in [4.69, 9.17) is 11.5 Å². The fraction of sp³-hybridized carbons (Fsp3) is 0.625. The first kappa shape index (κ1) is 9.14. The minimum atomic E-state index is -0.169. The van der Waals surface area contributed by atoms with Crippen LogP contribution in [0, 0.1) is 0 Å². The summed E-state index contributed by atoms with van der Waals surface area (Å²) < 4.78 is 3.38. The number of hydrogen-bond acceptors (Lipinski definition) is 4. The molecule has 0 radical (unpaired) electrons. The standard InChI is InChI=1S/C8H15N5O/c1-11-2-4-12-7(10)6(9)8(14)13(12)5-3-11/h2-5,9-10H2,1H3. The molecule has 0 bridgehead atoms. The zero-order chi connectivity index (χ0) is 10.3. The first-order chi connectivity index (χ1) is 6.61.